The minimum absolute atomic E-state index is 0.127. The van der Waals surface area contributed by atoms with E-state index in [1.165, 1.54) is 4.90 Å². The number of hydrogen-bond acceptors (Lipinski definition) is 4. The monoisotopic (exact) mass is 414 g/mol. The molecule has 6 nitrogen and oxygen atoms in total. The van der Waals surface area contributed by atoms with E-state index in [0.29, 0.717) is 6.42 Å². The molecule has 0 aromatic heterocycles. The highest BCUT2D eigenvalue weighted by molar-refractivity contribution is 6.02. The van der Waals surface area contributed by atoms with E-state index in [0.717, 1.165) is 28.8 Å². The molecular formula is C25H26N4O2. The van der Waals surface area contributed by atoms with Gasteiger partial charge in [0.1, 0.15) is 5.54 Å². The zero-order valence-corrected chi connectivity index (χ0v) is 18.0. The number of rotatable bonds is 3. The number of hydrogen-bond donors (Lipinski definition) is 1. The molecule has 6 heteroatoms. The fourth-order valence-electron chi connectivity index (χ4n) is 4.60. The number of carbonyl (C=O) groups is 2. The lowest BCUT2D eigenvalue weighted by molar-refractivity contribution is -0.130. The van der Waals surface area contributed by atoms with Crippen molar-refractivity contribution in [2.75, 3.05) is 11.9 Å². The van der Waals surface area contributed by atoms with Crippen LogP contribution < -0.4 is 10.6 Å². The van der Waals surface area contributed by atoms with Crippen molar-refractivity contribution in [3.8, 4) is 12.3 Å². The maximum Gasteiger partial charge on any atom is 0.239 e. The smallest absolute Gasteiger partial charge is 0.239 e. The molecule has 2 aliphatic rings. The van der Waals surface area contributed by atoms with Crippen LogP contribution in [0.2, 0.25) is 0 Å². The van der Waals surface area contributed by atoms with Gasteiger partial charge < -0.3 is 10.6 Å². The average molecular weight is 415 g/mol. The third-order valence-electron chi connectivity index (χ3n) is 6.43. The van der Waals surface area contributed by atoms with Gasteiger partial charge in [0.05, 0.1) is 5.92 Å². The van der Waals surface area contributed by atoms with Crippen LogP contribution in [0.4, 0.5) is 5.69 Å². The maximum absolute atomic E-state index is 13.4. The first-order valence-corrected chi connectivity index (χ1v) is 10.4. The van der Waals surface area contributed by atoms with Gasteiger partial charge in [0, 0.05) is 30.8 Å². The second-order valence-corrected chi connectivity index (χ2v) is 8.42. The van der Waals surface area contributed by atoms with Crippen molar-refractivity contribution in [1.82, 2.24) is 4.90 Å². The third kappa shape index (κ3) is 3.36. The number of anilines is 1. The van der Waals surface area contributed by atoms with Crippen LogP contribution in [-0.4, -0.2) is 35.8 Å². The topological polar surface area (TPSA) is 79.0 Å². The summed E-state index contributed by atoms with van der Waals surface area (Å²) in [6, 6.07) is 15.3. The SMILES string of the molecule is C#Cc1cccc([C@@]2(C)N=C(N)N(C)C(=O)[C@@H]2c2ccc(N3C(=O)CCC3C)cc2)c1. The van der Waals surface area contributed by atoms with Gasteiger partial charge >= 0.3 is 0 Å². The summed E-state index contributed by atoms with van der Waals surface area (Å²) < 4.78 is 0. The average Bonchev–Trinajstić information content (AvgIpc) is 3.11. The normalized spacial score (nSPS) is 26.1. The lowest BCUT2D eigenvalue weighted by Gasteiger charge is -2.41. The quantitative estimate of drug-likeness (QED) is 0.785. The Kier molecular flexibility index (Phi) is 5.06. The molecule has 2 N–H and O–H groups in total. The fraction of sp³-hybridized carbons (Fsp3) is 0.320. The molecule has 2 aromatic rings. The highest BCUT2D eigenvalue weighted by atomic mass is 16.2. The summed E-state index contributed by atoms with van der Waals surface area (Å²) in [5, 5.41) is 0. The summed E-state index contributed by atoms with van der Waals surface area (Å²) in [5.74, 6) is 2.22. The summed E-state index contributed by atoms with van der Waals surface area (Å²) in [6.45, 7) is 3.95. The minimum atomic E-state index is -0.918. The van der Waals surface area contributed by atoms with E-state index in [4.69, 9.17) is 17.1 Å². The number of likely N-dealkylation sites (N-methyl/N-ethyl adjacent to an activating group) is 1. The summed E-state index contributed by atoms with van der Waals surface area (Å²) >= 11 is 0. The molecule has 0 radical (unpaired) electrons. The number of guanidine groups is 1. The van der Waals surface area contributed by atoms with Crippen molar-refractivity contribution in [3.63, 3.8) is 0 Å². The number of amides is 2. The van der Waals surface area contributed by atoms with Crippen LogP contribution in [0.5, 0.6) is 0 Å². The molecule has 31 heavy (non-hydrogen) atoms. The van der Waals surface area contributed by atoms with Gasteiger partial charge in [-0.25, -0.2) is 4.99 Å². The second-order valence-electron chi connectivity index (χ2n) is 8.42. The van der Waals surface area contributed by atoms with Crippen LogP contribution in [0.1, 0.15) is 49.3 Å². The van der Waals surface area contributed by atoms with E-state index in [1.54, 1.807) is 7.05 Å². The van der Waals surface area contributed by atoms with Crippen molar-refractivity contribution in [1.29, 1.82) is 0 Å². The molecule has 158 valence electrons. The molecule has 2 amide bonds. The highest BCUT2D eigenvalue weighted by Crippen LogP contribution is 2.44. The Balaban J connectivity index is 1.79. The molecule has 2 aliphatic heterocycles. The number of nitrogens with zero attached hydrogens (tertiary/aromatic N) is 3. The van der Waals surface area contributed by atoms with E-state index >= 15 is 0 Å². The fourth-order valence-corrected chi connectivity index (χ4v) is 4.60. The predicted octanol–water partition coefficient (Wildman–Crippen LogP) is 2.97. The van der Waals surface area contributed by atoms with Crippen molar-refractivity contribution >= 4 is 23.5 Å². The largest absolute Gasteiger partial charge is 0.369 e. The van der Waals surface area contributed by atoms with E-state index in [2.05, 4.69) is 5.92 Å². The zero-order chi connectivity index (χ0) is 22.3. The van der Waals surface area contributed by atoms with Crippen molar-refractivity contribution in [2.24, 2.45) is 10.7 Å². The summed E-state index contributed by atoms with van der Waals surface area (Å²) in [7, 11) is 1.63. The van der Waals surface area contributed by atoms with Crippen LogP contribution in [-0.2, 0) is 15.1 Å². The molecule has 1 unspecified atom stereocenters. The summed E-state index contributed by atoms with van der Waals surface area (Å²) in [4.78, 5) is 33.6. The molecule has 0 saturated carbocycles. The zero-order valence-electron chi connectivity index (χ0n) is 18.0. The van der Waals surface area contributed by atoms with Crippen molar-refractivity contribution < 1.29 is 9.59 Å². The van der Waals surface area contributed by atoms with E-state index in [1.807, 2.05) is 67.3 Å². The number of terminal acetylenes is 1. The molecular weight excluding hydrogens is 388 g/mol. The lowest BCUT2D eigenvalue weighted by Crippen LogP contribution is -2.52. The summed E-state index contributed by atoms with van der Waals surface area (Å²) in [6.07, 6.45) is 7.01. The Hall–Kier alpha value is -3.59. The highest BCUT2D eigenvalue weighted by Gasteiger charge is 2.47. The van der Waals surface area contributed by atoms with Crippen LogP contribution in [0, 0.1) is 12.3 Å². The Morgan fingerprint density at radius 3 is 2.52 bits per heavy atom. The molecule has 2 heterocycles. The van der Waals surface area contributed by atoms with Crippen LogP contribution in [0.25, 0.3) is 0 Å². The van der Waals surface area contributed by atoms with E-state index in [9.17, 15) is 9.59 Å². The Morgan fingerprint density at radius 1 is 1.19 bits per heavy atom. The van der Waals surface area contributed by atoms with Gasteiger partial charge in [-0.1, -0.05) is 30.2 Å². The van der Waals surface area contributed by atoms with Gasteiger partial charge in [0.2, 0.25) is 11.8 Å². The van der Waals surface area contributed by atoms with Gasteiger partial charge in [0.25, 0.3) is 0 Å². The third-order valence-corrected chi connectivity index (χ3v) is 6.43. The van der Waals surface area contributed by atoms with Crippen molar-refractivity contribution in [2.45, 2.75) is 44.2 Å². The number of benzene rings is 2. The molecule has 1 fully saturated rings. The Labute approximate surface area is 182 Å². The first kappa shape index (κ1) is 20.7. The molecule has 3 atom stereocenters. The summed E-state index contributed by atoms with van der Waals surface area (Å²) in [5.41, 5.74) is 8.38. The minimum Gasteiger partial charge on any atom is -0.369 e. The lowest BCUT2D eigenvalue weighted by atomic mass is 9.74. The predicted molar refractivity (Wildman–Crippen MR) is 121 cm³/mol. The number of carbonyl (C=O) groups excluding carboxylic acids is 2. The van der Waals surface area contributed by atoms with Gasteiger partial charge in [-0.05, 0) is 55.7 Å². The van der Waals surface area contributed by atoms with Gasteiger partial charge in [-0.2, -0.15) is 0 Å². The van der Waals surface area contributed by atoms with E-state index in [-0.39, 0.29) is 23.8 Å². The first-order chi connectivity index (χ1) is 14.8. The molecule has 2 aromatic carbocycles. The molecule has 4 rings (SSSR count). The number of nitrogens with two attached hydrogens (primary N) is 1. The second kappa shape index (κ2) is 7.59. The molecule has 0 aliphatic carbocycles. The molecule has 0 spiro atoms. The van der Waals surface area contributed by atoms with Gasteiger partial charge in [0.15, 0.2) is 5.96 Å². The Morgan fingerprint density at radius 2 is 1.90 bits per heavy atom. The molecule has 0 bridgehead atoms. The standard InChI is InChI=1S/C25H26N4O2/c1-5-17-7-6-8-19(15-17)25(3)22(23(31)28(4)24(26)27-25)18-10-12-20(13-11-18)29-16(2)9-14-21(29)30/h1,6-8,10-13,15-16,22H,9,14H2,2-4H3,(H2,26,27)/t16?,22-,25+/m0/s1. The van der Waals surface area contributed by atoms with Gasteiger partial charge in [-0.15, -0.1) is 6.42 Å². The van der Waals surface area contributed by atoms with Gasteiger partial charge in [-0.3, -0.25) is 14.5 Å². The number of aliphatic imine (C=N–C) groups is 1. The molecule has 1 saturated heterocycles. The van der Waals surface area contributed by atoms with Crippen molar-refractivity contribution in [3.05, 3.63) is 65.2 Å². The maximum atomic E-state index is 13.4. The Bertz CT molecular complexity index is 1120. The van der Waals surface area contributed by atoms with Crippen LogP contribution >= 0.6 is 0 Å². The van der Waals surface area contributed by atoms with E-state index < -0.39 is 11.5 Å². The first-order valence-electron chi connectivity index (χ1n) is 10.4. The van der Waals surface area contributed by atoms with Crippen LogP contribution in [0.3, 0.4) is 0 Å². The van der Waals surface area contributed by atoms with Crippen LogP contribution in [0.15, 0.2) is 53.5 Å².